The molecule has 4 aromatic rings. The number of thiazole rings is 1. The second-order valence-electron chi connectivity index (χ2n) is 8.08. The molecule has 1 saturated heterocycles. The van der Waals surface area contributed by atoms with Crippen molar-refractivity contribution in [2.45, 2.75) is 19.0 Å². The summed E-state index contributed by atoms with van der Waals surface area (Å²) in [5.74, 6) is 2.35. The summed E-state index contributed by atoms with van der Waals surface area (Å²) in [6, 6.07) is 17.4. The van der Waals surface area contributed by atoms with Crippen molar-refractivity contribution in [2.24, 2.45) is 0 Å². The fourth-order valence-corrected chi connectivity index (χ4v) is 4.93. The number of hydrogen-bond donors (Lipinski definition) is 1. The molecule has 0 spiro atoms. The van der Waals surface area contributed by atoms with Gasteiger partial charge in [-0.1, -0.05) is 24.3 Å². The maximum atomic E-state index is 14.0. The summed E-state index contributed by atoms with van der Waals surface area (Å²) in [6.07, 6.45) is 0. The number of furan rings is 1. The number of nitrogens with zero attached hydrogens (tertiary/aromatic N) is 2. The van der Waals surface area contributed by atoms with E-state index in [1.54, 1.807) is 62.8 Å². The van der Waals surface area contributed by atoms with Gasteiger partial charge < -0.3 is 19.2 Å². The predicted octanol–water partition coefficient (Wildman–Crippen LogP) is 4.72. The minimum atomic E-state index is -1.40. The Kier molecular flexibility index (Phi) is 5.78. The molecule has 0 aliphatic carbocycles. The zero-order valence-electron chi connectivity index (χ0n) is 19.4. The third-order valence-electron chi connectivity index (χ3n) is 5.97. The average molecular weight is 490 g/mol. The van der Waals surface area contributed by atoms with Crippen molar-refractivity contribution in [3.63, 3.8) is 0 Å². The third-order valence-corrected chi connectivity index (χ3v) is 6.88. The van der Waals surface area contributed by atoms with Crippen LogP contribution in [-0.4, -0.2) is 36.0 Å². The van der Waals surface area contributed by atoms with E-state index < -0.39 is 11.6 Å². The van der Waals surface area contributed by atoms with Crippen molar-refractivity contribution < 1.29 is 23.5 Å². The molecule has 0 radical (unpaired) electrons. The lowest BCUT2D eigenvalue weighted by molar-refractivity contribution is -0.130. The highest BCUT2D eigenvalue weighted by Crippen LogP contribution is 2.38. The predicted molar refractivity (Wildman–Crippen MR) is 130 cm³/mol. The second-order valence-corrected chi connectivity index (χ2v) is 8.94. The van der Waals surface area contributed by atoms with Crippen molar-refractivity contribution in [1.29, 1.82) is 0 Å². The van der Waals surface area contributed by atoms with E-state index in [4.69, 9.17) is 13.9 Å². The van der Waals surface area contributed by atoms with Crippen molar-refractivity contribution >= 4 is 23.3 Å². The summed E-state index contributed by atoms with van der Waals surface area (Å²) >= 11 is 1.40. The molecule has 3 amide bonds. The molecule has 0 bridgehead atoms. The number of imide groups is 1. The van der Waals surface area contributed by atoms with Crippen LogP contribution in [0.2, 0.25) is 0 Å². The van der Waals surface area contributed by atoms with Crippen LogP contribution in [0.5, 0.6) is 11.5 Å². The molecule has 178 valence electrons. The van der Waals surface area contributed by atoms with Crippen LogP contribution >= 0.6 is 11.3 Å². The highest BCUT2D eigenvalue weighted by molar-refractivity contribution is 7.13. The highest BCUT2D eigenvalue weighted by Gasteiger charge is 2.53. The summed E-state index contributed by atoms with van der Waals surface area (Å²) in [6.45, 7) is 1.90. The maximum Gasteiger partial charge on any atom is 0.325 e. The number of methoxy groups -OCH3 is 2. The van der Waals surface area contributed by atoms with Crippen molar-refractivity contribution in [3.8, 4) is 22.3 Å². The number of benzene rings is 2. The fourth-order valence-electron chi connectivity index (χ4n) is 4.16. The molecule has 8 nitrogen and oxygen atoms in total. The number of rotatable bonds is 7. The minimum absolute atomic E-state index is 0.0366. The third kappa shape index (κ3) is 3.93. The van der Waals surface area contributed by atoms with Crippen LogP contribution in [0.3, 0.4) is 0 Å². The van der Waals surface area contributed by atoms with Gasteiger partial charge >= 0.3 is 6.03 Å². The molecule has 2 aromatic heterocycles. The monoisotopic (exact) mass is 489 g/mol. The van der Waals surface area contributed by atoms with E-state index >= 15 is 0 Å². The number of urea groups is 1. The lowest BCUT2D eigenvalue weighted by atomic mass is 9.82. The van der Waals surface area contributed by atoms with Gasteiger partial charge in [0, 0.05) is 5.38 Å². The van der Waals surface area contributed by atoms with Crippen LogP contribution in [0, 0.1) is 6.92 Å². The van der Waals surface area contributed by atoms with Crippen LogP contribution in [-0.2, 0) is 16.9 Å². The van der Waals surface area contributed by atoms with Crippen LogP contribution in [0.1, 0.15) is 22.6 Å². The Morgan fingerprint density at radius 2 is 1.54 bits per heavy atom. The molecule has 35 heavy (non-hydrogen) atoms. The molecule has 2 aromatic carbocycles. The average Bonchev–Trinajstić information content (AvgIpc) is 3.59. The van der Waals surface area contributed by atoms with Gasteiger partial charge in [-0.15, -0.1) is 11.3 Å². The maximum absolute atomic E-state index is 14.0. The SMILES string of the molecule is COc1ccc(C2(c3ccc(OC)cc3)NC(=O)N(Cc3csc(-c4ccc(C)o4)n3)C2=O)cc1. The Bertz CT molecular complexity index is 1330. The molecular formula is C26H23N3O5S. The Balaban J connectivity index is 1.51. The van der Waals surface area contributed by atoms with E-state index in [9.17, 15) is 9.59 Å². The summed E-state index contributed by atoms with van der Waals surface area (Å²) in [7, 11) is 3.15. The molecule has 0 saturated carbocycles. The lowest BCUT2D eigenvalue weighted by Gasteiger charge is -2.28. The number of ether oxygens (including phenoxy) is 2. The smallest absolute Gasteiger partial charge is 0.325 e. The van der Waals surface area contributed by atoms with E-state index in [2.05, 4.69) is 10.3 Å². The first-order valence-corrected chi connectivity index (χ1v) is 11.8. The quantitative estimate of drug-likeness (QED) is 0.378. The summed E-state index contributed by atoms with van der Waals surface area (Å²) < 4.78 is 16.2. The molecule has 1 fully saturated rings. The molecule has 1 aliphatic rings. The van der Waals surface area contributed by atoms with Gasteiger partial charge in [-0.25, -0.2) is 9.78 Å². The van der Waals surface area contributed by atoms with Crippen molar-refractivity contribution in [2.75, 3.05) is 14.2 Å². The van der Waals surface area contributed by atoms with Gasteiger partial charge in [0.15, 0.2) is 16.3 Å². The number of aryl methyl sites for hydroxylation is 1. The van der Waals surface area contributed by atoms with Gasteiger partial charge in [0.1, 0.15) is 17.3 Å². The number of amides is 3. The van der Waals surface area contributed by atoms with Gasteiger partial charge in [0.05, 0.1) is 26.5 Å². The lowest BCUT2D eigenvalue weighted by Crippen LogP contribution is -2.45. The number of hydrogen-bond acceptors (Lipinski definition) is 7. The zero-order valence-corrected chi connectivity index (χ0v) is 20.2. The van der Waals surface area contributed by atoms with Gasteiger partial charge in [-0.3, -0.25) is 9.69 Å². The van der Waals surface area contributed by atoms with Crippen LogP contribution in [0.15, 0.2) is 70.5 Å². The number of aromatic nitrogens is 1. The van der Waals surface area contributed by atoms with Crippen molar-refractivity contribution in [1.82, 2.24) is 15.2 Å². The van der Waals surface area contributed by atoms with Gasteiger partial charge in [-0.05, 0) is 54.4 Å². The summed E-state index contributed by atoms with van der Waals surface area (Å²) in [4.78, 5) is 32.9. The highest BCUT2D eigenvalue weighted by atomic mass is 32.1. The largest absolute Gasteiger partial charge is 0.497 e. The summed E-state index contributed by atoms with van der Waals surface area (Å²) in [5, 5.41) is 5.47. The standard InChI is InChI=1S/C26H23N3O5S/c1-16-4-13-22(34-16)23-27-19(15-35-23)14-29-24(30)26(28-25(29)31,17-5-9-20(32-2)10-6-17)18-7-11-21(33-3)12-8-18/h4-13,15H,14H2,1-3H3,(H,28,31). The van der Waals surface area contributed by atoms with Crippen LogP contribution in [0.4, 0.5) is 4.79 Å². The molecule has 3 heterocycles. The molecule has 1 N–H and O–H groups in total. The number of carbonyl (C=O) groups is 2. The van der Waals surface area contributed by atoms with Gasteiger partial charge in [0.25, 0.3) is 5.91 Å². The number of carbonyl (C=O) groups excluding carboxylic acids is 2. The molecule has 1 aliphatic heterocycles. The topological polar surface area (TPSA) is 93.9 Å². The second kappa shape index (κ2) is 8.92. The first-order chi connectivity index (χ1) is 16.9. The summed E-state index contributed by atoms with van der Waals surface area (Å²) in [5.41, 5.74) is 0.443. The minimum Gasteiger partial charge on any atom is -0.497 e. The molecule has 5 rings (SSSR count). The molecule has 0 unspecified atom stereocenters. The first-order valence-electron chi connectivity index (χ1n) is 10.9. The van der Waals surface area contributed by atoms with E-state index in [1.807, 2.05) is 24.4 Å². The first kappa shape index (κ1) is 22.7. The van der Waals surface area contributed by atoms with Gasteiger partial charge in [-0.2, -0.15) is 0 Å². The Morgan fingerprint density at radius 1 is 0.943 bits per heavy atom. The van der Waals surface area contributed by atoms with Crippen LogP contribution < -0.4 is 14.8 Å². The normalized spacial score (nSPS) is 14.8. The molecule has 0 atom stereocenters. The van der Waals surface area contributed by atoms with E-state index in [0.29, 0.717) is 39.1 Å². The molecular weight excluding hydrogens is 466 g/mol. The Morgan fingerprint density at radius 3 is 2.06 bits per heavy atom. The fraction of sp³-hybridized carbons (Fsp3) is 0.192. The van der Waals surface area contributed by atoms with Gasteiger partial charge in [0.2, 0.25) is 0 Å². The molecule has 9 heteroatoms. The van der Waals surface area contributed by atoms with Crippen LogP contribution in [0.25, 0.3) is 10.8 Å². The van der Waals surface area contributed by atoms with Crippen molar-refractivity contribution in [3.05, 3.63) is 88.6 Å². The zero-order chi connectivity index (χ0) is 24.6. The van der Waals surface area contributed by atoms with E-state index in [0.717, 1.165) is 5.76 Å². The Hall–Kier alpha value is -4.11. The Labute approximate surface area is 206 Å². The van der Waals surface area contributed by atoms with E-state index in [-0.39, 0.29) is 12.5 Å². The number of nitrogens with one attached hydrogen (secondary N) is 1. The van der Waals surface area contributed by atoms with E-state index in [1.165, 1.54) is 16.2 Å².